The molecular formula is C20H26N2. The molecule has 0 N–H and O–H groups in total. The summed E-state index contributed by atoms with van der Waals surface area (Å²) in [5.41, 5.74) is 2.21. The Morgan fingerprint density at radius 3 is 1.91 bits per heavy atom. The lowest BCUT2D eigenvalue weighted by Gasteiger charge is -2.03. The largest absolute Gasteiger partial charge is 0.241 e. The van der Waals surface area contributed by atoms with Crippen LogP contribution in [0.4, 0.5) is 0 Å². The molecule has 0 spiro atoms. The molecule has 2 heteroatoms. The van der Waals surface area contributed by atoms with E-state index in [4.69, 9.17) is 0 Å². The predicted molar refractivity (Wildman–Crippen MR) is 97.0 cm³/mol. The van der Waals surface area contributed by atoms with Crippen LogP contribution >= 0.6 is 0 Å². The Morgan fingerprint density at radius 2 is 1.32 bits per heavy atom. The van der Waals surface area contributed by atoms with Crippen molar-refractivity contribution in [3.05, 3.63) is 60.7 Å². The summed E-state index contributed by atoms with van der Waals surface area (Å²) in [7, 11) is 0. The zero-order valence-corrected chi connectivity index (χ0v) is 14.3. The van der Waals surface area contributed by atoms with Gasteiger partial charge in [-0.3, -0.25) is 0 Å². The first kappa shape index (κ1) is 17.8. The van der Waals surface area contributed by atoms with Crippen molar-refractivity contribution in [1.82, 2.24) is 9.97 Å². The van der Waals surface area contributed by atoms with Crippen molar-refractivity contribution < 1.29 is 0 Å². The third-order valence-corrected chi connectivity index (χ3v) is 2.86. The predicted octanol–water partition coefficient (Wildman–Crippen LogP) is 6.05. The van der Waals surface area contributed by atoms with Gasteiger partial charge in [-0.1, -0.05) is 70.5 Å². The summed E-state index contributed by atoms with van der Waals surface area (Å²) >= 11 is 0. The van der Waals surface area contributed by atoms with Crippen LogP contribution in [0.1, 0.15) is 39.9 Å². The van der Waals surface area contributed by atoms with Gasteiger partial charge in [0.2, 0.25) is 0 Å². The number of rotatable bonds is 1. The Labute approximate surface area is 134 Å². The number of hydrogen-bond donors (Lipinski definition) is 0. The molecule has 0 fully saturated rings. The van der Waals surface area contributed by atoms with Gasteiger partial charge in [0.1, 0.15) is 5.82 Å². The van der Waals surface area contributed by atoms with Gasteiger partial charge < -0.3 is 0 Å². The second kappa shape index (κ2) is 9.67. The Balaban J connectivity index is 0.000000435. The van der Waals surface area contributed by atoms with E-state index in [-0.39, 0.29) is 0 Å². The van der Waals surface area contributed by atoms with Crippen molar-refractivity contribution in [2.75, 3.05) is 0 Å². The molecule has 0 saturated carbocycles. The molecule has 3 aromatic rings. The molecule has 0 saturated heterocycles. The normalized spacial score (nSPS) is 9.32. The van der Waals surface area contributed by atoms with Crippen molar-refractivity contribution in [3.8, 4) is 11.1 Å². The van der Waals surface area contributed by atoms with Crippen molar-refractivity contribution in [2.45, 2.75) is 41.0 Å². The van der Waals surface area contributed by atoms with Crippen LogP contribution in [0.3, 0.4) is 0 Å². The van der Waals surface area contributed by atoms with Crippen LogP contribution in [-0.2, 0) is 0 Å². The minimum atomic E-state index is 0.800. The van der Waals surface area contributed by atoms with E-state index < -0.39 is 0 Å². The summed E-state index contributed by atoms with van der Waals surface area (Å²) in [5, 5.41) is 2.50. The zero-order chi connectivity index (χ0) is 16.4. The molecule has 22 heavy (non-hydrogen) atoms. The van der Waals surface area contributed by atoms with Crippen LogP contribution < -0.4 is 0 Å². The molecule has 0 amide bonds. The number of fused-ring (bicyclic) bond motifs is 1. The molecule has 0 atom stereocenters. The third kappa shape index (κ3) is 4.96. The molecule has 0 aliphatic rings. The molecule has 1 aromatic heterocycles. The van der Waals surface area contributed by atoms with Gasteiger partial charge in [0.15, 0.2) is 0 Å². The van der Waals surface area contributed by atoms with E-state index >= 15 is 0 Å². The number of benzene rings is 2. The Bertz CT molecular complexity index is 673. The van der Waals surface area contributed by atoms with Gasteiger partial charge in [0, 0.05) is 18.0 Å². The van der Waals surface area contributed by atoms with Crippen molar-refractivity contribution in [3.63, 3.8) is 0 Å². The average Bonchev–Trinajstić information content (AvgIpc) is 2.58. The lowest BCUT2D eigenvalue weighted by molar-refractivity contribution is 1.06. The van der Waals surface area contributed by atoms with E-state index in [1.165, 1.54) is 17.2 Å². The maximum atomic E-state index is 4.22. The van der Waals surface area contributed by atoms with Gasteiger partial charge >= 0.3 is 0 Å². The topological polar surface area (TPSA) is 25.8 Å². The summed E-state index contributed by atoms with van der Waals surface area (Å²) in [6.45, 7) is 10.1. The van der Waals surface area contributed by atoms with E-state index in [0.717, 1.165) is 17.0 Å². The number of aryl methyl sites for hydroxylation is 1. The highest BCUT2D eigenvalue weighted by Crippen LogP contribution is 2.23. The highest BCUT2D eigenvalue weighted by molar-refractivity contribution is 5.87. The van der Waals surface area contributed by atoms with Gasteiger partial charge in [-0.15, -0.1) is 0 Å². The third-order valence-electron chi connectivity index (χ3n) is 2.86. The molecule has 116 valence electrons. The fourth-order valence-electron chi connectivity index (χ4n) is 1.91. The van der Waals surface area contributed by atoms with Crippen molar-refractivity contribution in [2.24, 2.45) is 0 Å². The van der Waals surface area contributed by atoms with Crippen LogP contribution in [0.5, 0.6) is 0 Å². The van der Waals surface area contributed by atoms with Crippen LogP contribution in [0.2, 0.25) is 0 Å². The monoisotopic (exact) mass is 294 g/mol. The Kier molecular flexibility index (Phi) is 7.84. The summed E-state index contributed by atoms with van der Waals surface area (Å²) in [4.78, 5) is 8.45. The highest BCUT2D eigenvalue weighted by atomic mass is 14.8. The second-order valence-corrected chi connectivity index (χ2v) is 4.79. The van der Waals surface area contributed by atoms with E-state index in [1.807, 2.05) is 33.2 Å². The van der Waals surface area contributed by atoms with E-state index in [9.17, 15) is 0 Å². The van der Waals surface area contributed by atoms with Gasteiger partial charge in [-0.05, 0) is 29.3 Å². The molecule has 3 rings (SSSR count). The fourth-order valence-corrected chi connectivity index (χ4v) is 1.91. The quantitative estimate of drug-likeness (QED) is 0.546. The van der Waals surface area contributed by atoms with Crippen molar-refractivity contribution >= 4 is 10.8 Å². The van der Waals surface area contributed by atoms with Gasteiger partial charge in [0.25, 0.3) is 0 Å². The summed E-state index contributed by atoms with van der Waals surface area (Å²) in [6, 6.07) is 14.7. The van der Waals surface area contributed by atoms with E-state index in [2.05, 4.69) is 66.3 Å². The maximum absolute atomic E-state index is 4.22. The molecule has 2 aromatic carbocycles. The van der Waals surface area contributed by atoms with Crippen LogP contribution in [-0.4, -0.2) is 9.97 Å². The molecule has 2 nitrogen and oxygen atoms in total. The molecule has 1 heterocycles. The number of nitrogens with zero attached hydrogens (tertiary/aromatic N) is 2. The van der Waals surface area contributed by atoms with Gasteiger partial charge in [-0.25, -0.2) is 9.97 Å². The molecular weight excluding hydrogens is 268 g/mol. The minimum absolute atomic E-state index is 0.800. The molecule has 0 aliphatic heterocycles. The number of hydrogen-bond acceptors (Lipinski definition) is 2. The lowest BCUT2D eigenvalue weighted by Crippen LogP contribution is -1.87. The van der Waals surface area contributed by atoms with Crippen LogP contribution in [0.15, 0.2) is 54.9 Å². The fraction of sp³-hybridized carbons (Fsp3) is 0.300. The molecule has 0 unspecified atom stereocenters. The van der Waals surface area contributed by atoms with Crippen molar-refractivity contribution in [1.29, 1.82) is 0 Å². The van der Waals surface area contributed by atoms with Gasteiger partial charge in [-0.2, -0.15) is 0 Å². The number of aromatic nitrogens is 2. The summed E-state index contributed by atoms with van der Waals surface area (Å²) < 4.78 is 0. The first-order valence-electron chi connectivity index (χ1n) is 8.02. The SMILES string of the molecule is CC.CCC.Cc1ncc(-c2ccc3ccccc3c2)cn1. The summed E-state index contributed by atoms with van der Waals surface area (Å²) in [5.74, 6) is 0.800. The minimum Gasteiger partial charge on any atom is -0.241 e. The summed E-state index contributed by atoms with van der Waals surface area (Å²) in [6.07, 6.45) is 4.98. The van der Waals surface area contributed by atoms with Gasteiger partial charge in [0.05, 0.1) is 0 Å². The average molecular weight is 294 g/mol. The first-order valence-corrected chi connectivity index (χ1v) is 8.02. The van der Waals surface area contributed by atoms with E-state index in [0.29, 0.717) is 0 Å². The maximum Gasteiger partial charge on any atom is 0.125 e. The van der Waals surface area contributed by atoms with Crippen LogP contribution in [0, 0.1) is 6.92 Å². The van der Waals surface area contributed by atoms with Crippen LogP contribution in [0.25, 0.3) is 21.9 Å². The smallest absolute Gasteiger partial charge is 0.125 e. The molecule has 0 bridgehead atoms. The molecule has 0 aliphatic carbocycles. The highest BCUT2D eigenvalue weighted by Gasteiger charge is 2.00. The first-order chi connectivity index (χ1) is 10.7. The Hall–Kier alpha value is -2.22. The zero-order valence-electron chi connectivity index (χ0n) is 14.3. The second-order valence-electron chi connectivity index (χ2n) is 4.79. The van der Waals surface area contributed by atoms with E-state index in [1.54, 1.807) is 0 Å². The Morgan fingerprint density at radius 1 is 0.773 bits per heavy atom. The lowest BCUT2D eigenvalue weighted by atomic mass is 10.0. The standard InChI is InChI=1S/C15H12N2.C3H8.C2H6/c1-11-16-9-15(10-17-11)14-7-6-12-4-2-3-5-13(12)8-14;1-3-2;1-2/h2-10H,1H3;3H2,1-2H3;1-2H3. The molecule has 0 radical (unpaired) electrons.